The number of aryl methyl sites for hydroxylation is 2. The SMILES string of the molecule is Cc1cnc2[nH]c3c(OCCCN(C)C)ccc(C)c3c2c1. The fourth-order valence-corrected chi connectivity index (χ4v) is 2.82. The number of rotatable bonds is 5. The van der Waals surface area contributed by atoms with Gasteiger partial charge in [0.1, 0.15) is 11.4 Å². The summed E-state index contributed by atoms with van der Waals surface area (Å²) in [5.41, 5.74) is 4.39. The number of hydrogen-bond donors (Lipinski definition) is 1. The number of hydrogen-bond acceptors (Lipinski definition) is 3. The van der Waals surface area contributed by atoms with Crippen molar-refractivity contribution in [1.82, 2.24) is 14.9 Å². The van der Waals surface area contributed by atoms with E-state index in [1.807, 2.05) is 6.20 Å². The van der Waals surface area contributed by atoms with Crippen molar-refractivity contribution in [2.45, 2.75) is 20.3 Å². The molecule has 0 aliphatic heterocycles. The Morgan fingerprint density at radius 1 is 1.23 bits per heavy atom. The zero-order valence-corrected chi connectivity index (χ0v) is 13.7. The van der Waals surface area contributed by atoms with Crippen LogP contribution in [0.25, 0.3) is 21.9 Å². The van der Waals surface area contributed by atoms with Gasteiger partial charge < -0.3 is 14.6 Å². The lowest BCUT2D eigenvalue weighted by Crippen LogP contribution is -2.15. The molecular formula is C18H23N3O. The summed E-state index contributed by atoms with van der Waals surface area (Å²) in [5, 5.41) is 2.39. The first-order chi connectivity index (χ1) is 10.6. The Labute approximate surface area is 131 Å². The van der Waals surface area contributed by atoms with E-state index >= 15 is 0 Å². The summed E-state index contributed by atoms with van der Waals surface area (Å²) in [7, 11) is 4.16. The monoisotopic (exact) mass is 297 g/mol. The van der Waals surface area contributed by atoms with E-state index in [2.05, 4.69) is 61.0 Å². The van der Waals surface area contributed by atoms with Gasteiger partial charge >= 0.3 is 0 Å². The van der Waals surface area contributed by atoms with Crippen molar-refractivity contribution in [3.05, 3.63) is 35.5 Å². The molecule has 0 fully saturated rings. The lowest BCUT2D eigenvalue weighted by molar-refractivity contribution is 0.284. The number of nitrogens with one attached hydrogen (secondary N) is 1. The van der Waals surface area contributed by atoms with Crippen molar-refractivity contribution in [2.75, 3.05) is 27.2 Å². The van der Waals surface area contributed by atoms with Crippen LogP contribution in [0, 0.1) is 13.8 Å². The molecule has 0 saturated carbocycles. The van der Waals surface area contributed by atoms with Crippen LogP contribution in [0.4, 0.5) is 0 Å². The topological polar surface area (TPSA) is 41.1 Å². The van der Waals surface area contributed by atoms with Gasteiger partial charge in [0.25, 0.3) is 0 Å². The second kappa shape index (κ2) is 5.97. The first kappa shape index (κ1) is 14.9. The van der Waals surface area contributed by atoms with Crippen LogP contribution in [0.15, 0.2) is 24.4 Å². The smallest absolute Gasteiger partial charge is 0.143 e. The molecule has 2 aromatic heterocycles. The van der Waals surface area contributed by atoms with Crippen LogP contribution in [0.2, 0.25) is 0 Å². The summed E-state index contributed by atoms with van der Waals surface area (Å²) in [5.74, 6) is 0.912. The molecular weight excluding hydrogens is 274 g/mol. The highest BCUT2D eigenvalue weighted by Crippen LogP contribution is 2.33. The van der Waals surface area contributed by atoms with Crippen molar-refractivity contribution >= 4 is 21.9 Å². The maximum absolute atomic E-state index is 6.00. The van der Waals surface area contributed by atoms with Crippen molar-refractivity contribution in [1.29, 1.82) is 0 Å². The number of H-pyrrole nitrogens is 1. The van der Waals surface area contributed by atoms with Gasteiger partial charge in [-0.25, -0.2) is 4.98 Å². The van der Waals surface area contributed by atoms with Crippen molar-refractivity contribution in [2.24, 2.45) is 0 Å². The highest BCUT2D eigenvalue weighted by Gasteiger charge is 2.12. The first-order valence-electron chi connectivity index (χ1n) is 7.71. The number of ether oxygens (including phenoxy) is 1. The lowest BCUT2D eigenvalue weighted by atomic mass is 10.1. The largest absolute Gasteiger partial charge is 0.491 e. The van der Waals surface area contributed by atoms with Crippen LogP contribution in [-0.2, 0) is 0 Å². The van der Waals surface area contributed by atoms with Crippen LogP contribution in [0.3, 0.4) is 0 Å². The Kier molecular flexibility index (Phi) is 4.03. The molecule has 0 bridgehead atoms. The third-order valence-electron chi connectivity index (χ3n) is 3.92. The molecule has 0 atom stereocenters. The van der Waals surface area contributed by atoms with Gasteiger partial charge in [-0.05, 0) is 57.6 Å². The Hall–Kier alpha value is -2.07. The molecule has 1 N–H and O–H groups in total. The second-order valence-electron chi connectivity index (χ2n) is 6.17. The number of aromatic nitrogens is 2. The van der Waals surface area contributed by atoms with E-state index < -0.39 is 0 Å². The molecule has 0 aliphatic carbocycles. The molecule has 3 rings (SSSR count). The van der Waals surface area contributed by atoms with Crippen LogP contribution in [0.5, 0.6) is 5.75 Å². The maximum atomic E-state index is 6.00. The van der Waals surface area contributed by atoms with Crippen LogP contribution >= 0.6 is 0 Å². The van der Waals surface area contributed by atoms with Gasteiger partial charge in [0.2, 0.25) is 0 Å². The minimum atomic E-state index is 0.720. The summed E-state index contributed by atoms with van der Waals surface area (Å²) in [6.45, 7) is 5.95. The van der Waals surface area contributed by atoms with Crippen LogP contribution < -0.4 is 4.74 Å². The molecule has 1 aromatic carbocycles. The van der Waals surface area contributed by atoms with Crippen molar-refractivity contribution < 1.29 is 4.74 Å². The Bertz CT molecular complexity index is 805. The van der Waals surface area contributed by atoms with Crippen LogP contribution in [0.1, 0.15) is 17.5 Å². The van der Waals surface area contributed by atoms with Gasteiger partial charge in [0.15, 0.2) is 0 Å². The second-order valence-corrected chi connectivity index (χ2v) is 6.17. The molecule has 0 spiro atoms. The quantitative estimate of drug-likeness (QED) is 0.731. The number of pyridine rings is 1. The summed E-state index contributed by atoms with van der Waals surface area (Å²) in [6, 6.07) is 6.36. The van der Waals surface area contributed by atoms with E-state index in [0.717, 1.165) is 36.5 Å². The normalized spacial score (nSPS) is 11.7. The van der Waals surface area contributed by atoms with Gasteiger partial charge in [-0.1, -0.05) is 6.07 Å². The lowest BCUT2D eigenvalue weighted by Gasteiger charge is -2.11. The number of fused-ring (bicyclic) bond motifs is 3. The maximum Gasteiger partial charge on any atom is 0.143 e. The molecule has 0 aliphatic rings. The molecule has 0 unspecified atom stereocenters. The summed E-state index contributed by atoms with van der Waals surface area (Å²) in [6.07, 6.45) is 2.91. The fourth-order valence-electron chi connectivity index (χ4n) is 2.82. The van der Waals surface area contributed by atoms with Gasteiger partial charge in [0, 0.05) is 23.5 Å². The minimum absolute atomic E-state index is 0.720. The van der Waals surface area contributed by atoms with E-state index in [9.17, 15) is 0 Å². The van der Waals surface area contributed by atoms with Gasteiger partial charge in [-0.2, -0.15) is 0 Å². The van der Waals surface area contributed by atoms with E-state index in [1.54, 1.807) is 0 Å². The third-order valence-corrected chi connectivity index (χ3v) is 3.92. The molecule has 22 heavy (non-hydrogen) atoms. The highest BCUT2D eigenvalue weighted by molar-refractivity contribution is 6.09. The molecule has 3 aromatic rings. The Balaban J connectivity index is 1.98. The summed E-state index contributed by atoms with van der Waals surface area (Å²) < 4.78 is 6.00. The Morgan fingerprint density at radius 2 is 2.05 bits per heavy atom. The Morgan fingerprint density at radius 3 is 2.82 bits per heavy atom. The van der Waals surface area contributed by atoms with E-state index in [-0.39, 0.29) is 0 Å². The van der Waals surface area contributed by atoms with E-state index in [0.29, 0.717) is 0 Å². The molecule has 4 heteroatoms. The zero-order chi connectivity index (χ0) is 15.7. The number of nitrogens with zero attached hydrogens (tertiary/aromatic N) is 2. The number of benzene rings is 1. The van der Waals surface area contributed by atoms with E-state index in [1.165, 1.54) is 21.9 Å². The molecule has 4 nitrogen and oxygen atoms in total. The van der Waals surface area contributed by atoms with Crippen molar-refractivity contribution in [3.8, 4) is 5.75 Å². The molecule has 2 heterocycles. The molecule has 0 radical (unpaired) electrons. The van der Waals surface area contributed by atoms with Gasteiger partial charge in [-0.3, -0.25) is 0 Å². The summed E-state index contributed by atoms with van der Waals surface area (Å²) >= 11 is 0. The molecule has 116 valence electrons. The first-order valence-corrected chi connectivity index (χ1v) is 7.71. The molecule has 0 amide bonds. The number of aromatic amines is 1. The summed E-state index contributed by atoms with van der Waals surface area (Å²) in [4.78, 5) is 10.1. The third kappa shape index (κ3) is 2.79. The predicted molar refractivity (Wildman–Crippen MR) is 91.7 cm³/mol. The van der Waals surface area contributed by atoms with Gasteiger partial charge in [0.05, 0.1) is 12.1 Å². The average Bonchev–Trinajstić information content (AvgIpc) is 2.85. The predicted octanol–water partition coefficient (Wildman–Crippen LogP) is 3.66. The van der Waals surface area contributed by atoms with E-state index in [4.69, 9.17) is 4.74 Å². The van der Waals surface area contributed by atoms with Crippen molar-refractivity contribution in [3.63, 3.8) is 0 Å². The minimum Gasteiger partial charge on any atom is -0.491 e. The average molecular weight is 297 g/mol. The highest BCUT2D eigenvalue weighted by atomic mass is 16.5. The fraction of sp³-hybridized carbons (Fsp3) is 0.389. The standard InChI is InChI=1S/C18H23N3O/c1-12-10-14-16-13(2)6-7-15(22-9-5-8-21(3)4)17(16)20-18(14)19-11-12/h6-7,10-11H,5,8-9H2,1-4H3,(H,19,20). The zero-order valence-electron chi connectivity index (χ0n) is 13.7. The van der Waals surface area contributed by atoms with Gasteiger partial charge in [-0.15, -0.1) is 0 Å². The molecule has 0 saturated heterocycles. The van der Waals surface area contributed by atoms with Crippen LogP contribution in [-0.4, -0.2) is 42.1 Å².